The van der Waals surface area contributed by atoms with Crippen molar-refractivity contribution in [2.24, 2.45) is 0 Å². The maximum Gasteiger partial charge on any atom is 0.330 e. The second kappa shape index (κ2) is 5.84. The van der Waals surface area contributed by atoms with Crippen LogP contribution in [0.3, 0.4) is 0 Å². The van der Waals surface area contributed by atoms with Crippen LogP contribution in [0.4, 0.5) is 0 Å². The van der Waals surface area contributed by atoms with Gasteiger partial charge in [0, 0.05) is 5.56 Å². The number of aryl methyl sites for hydroxylation is 2. The molecule has 1 aliphatic rings. The molecule has 1 amide bonds. The lowest BCUT2D eigenvalue weighted by Gasteiger charge is -2.14. The summed E-state index contributed by atoms with van der Waals surface area (Å²) >= 11 is 0. The average Bonchev–Trinajstić information content (AvgIpc) is 2.90. The molecule has 1 atom stereocenters. The third kappa shape index (κ3) is 2.93. The van der Waals surface area contributed by atoms with Crippen LogP contribution in [0.25, 0.3) is 0 Å². The molecule has 0 bridgehead atoms. The van der Waals surface area contributed by atoms with Crippen LogP contribution in [-0.2, 0) is 22.4 Å². The van der Waals surface area contributed by atoms with E-state index in [2.05, 4.69) is 10.1 Å². The zero-order valence-electron chi connectivity index (χ0n) is 10.8. The minimum Gasteiger partial charge on any atom is -0.467 e. The first-order chi connectivity index (χ1) is 9.15. The van der Waals surface area contributed by atoms with Gasteiger partial charge in [-0.25, -0.2) is 4.79 Å². The highest BCUT2D eigenvalue weighted by atomic mass is 16.5. The van der Waals surface area contributed by atoms with Crippen LogP contribution in [0, 0.1) is 0 Å². The maximum absolute atomic E-state index is 12.0. The number of carbonyl (C=O) groups excluding carboxylic acids is 2. The topological polar surface area (TPSA) is 75.6 Å². The van der Waals surface area contributed by atoms with Gasteiger partial charge in [0.05, 0.1) is 13.7 Å². The van der Waals surface area contributed by atoms with E-state index >= 15 is 0 Å². The van der Waals surface area contributed by atoms with Gasteiger partial charge in [0.2, 0.25) is 0 Å². The van der Waals surface area contributed by atoms with E-state index in [1.54, 1.807) is 6.07 Å². The van der Waals surface area contributed by atoms with Crippen molar-refractivity contribution in [3.05, 3.63) is 34.9 Å². The van der Waals surface area contributed by atoms with Gasteiger partial charge < -0.3 is 15.2 Å². The van der Waals surface area contributed by atoms with E-state index in [4.69, 9.17) is 5.11 Å². The van der Waals surface area contributed by atoms with Crippen LogP contribution in [-0.4, -0.2) is 36.7 Å². The Kier molecular flexibility index (Phi) is 4.16. The van der Waals surface area contributed by atoms with Crippen molar-refractivity contribution in [2.75, 3.05) is 13.7 Å². The van der Waals surface area contributed by atoms with Gasteiger partial charge in [0.25, 0.3) is 5.91 Å². The average molecular weight is 263 g/mol. The fourth-order valence-corrected chi connectivity index (χ4v) is 2.28. The molecule has 0 saturated carbocycles. The summed E-state index contributed by atoms with van der Waals surface area (Å²) in [5.74, 6) is -1.03. The molecule has 102 valence electrons. The highest BCUT2D eigenvalue weighted by Crippen LogP contribution is 2.22. The number of rotatable bonds is 4. The number of hydrogen-bond acceptors (Lipinski definition) is 4. The number of fused-ring (bicyclic) bond motifs is 1. The number of esters is 1. The smallest absolute Gasteiger partial charge is 0.330 e. The number of methoxy groups -OCH3 is 1. The van der Waals surface area contributed by atoms with Crippen LogP contribution in [0.15, 0.2) is 18.2 Å². The van der Waals surface area contributed by atoms with Gasteiger partial charge in [-0.1, -0.05) is 6.07 Å². The summed E-state index contributed by atoms with van der Waals surface area (Å²) in [6.07, 6.45) is 3.15. The van der Waals surface area contributed by atoms with Crippen molar-refractivity contribution in [2.45, 2.75) is 25.3 Å². The van der Waals surface area contributed by atoms with E-state index < -0.39 is 18.6 Å². The lowest BCUT2D eigenvalue weighted by atomic mass is 10.1. The largest absolute Gasteiger partial charge is 0.467 e. The summed E-state index contributed by atoms with van der Waals surface area (Å²) in [6.45, 7) is -0.483. The number of aliphatic hydroxyl groups excluding tert-OH is 1. The van der Waals surface area contributed by atoms with Crippen LogP contribution < -0.4 is 5.32 Å². The molecular weight excluding hydrogens is 246 g/mol. The predicted octanol–water partition coefficient (Wildman–Crippen LogP) is 0.439. The molecule has 2 N–H and O–H groups in total. The summed E-state index contributed by atoms with van der Waals surface area (Å²) in [4.78, 5) is 23.3. The Morgan fingerprint density at radius 2 is 2.11 bits per heavy atom. The van der Waals surface area contributed by atoms with Gasteiger partial charge in [-0.15, -0.1) is 0 Å². The third-order valence-corrected chi connectivity index (χ3v) is 3.33. The number of hydrogen-bond donors (Lipinski definition) is 2. The first-order valence-electron chi connectivity index (χ1n) is 6.27. The Morgan fingerprint density at radius 3 is 2.79 bits per heavy atom. The summed E-state index contributed by atoms with van der Waals surface area (Å²) in [6, 6.07) is 4.52. The minimum atomic E-state index is -1.02. The van der Waals surface area contributed by atoms with Crippen molar-refractivity contribution < 1.29 is 19.4 Å². The molecule has 0 spiro atoms. The van der Waals surface area contributed by atoms with Crippen molar-refractivity contribution in [3.63, 3.8) is 0 Å². The second-order valence-corrected chi connectivity index (χ2v) is 4.57. The fourth-order valence-electron chi connectivity index (χ4n) is 2.28. The quantitative estimate of drug-likeness (QED) is 0.773. The van der Waals surface area contributed by atoms with Crippen molar-refractivity contribution >= 4 is 11.9 Å². The fraction of sp³-hybridized carbons (Fsp3) is 0.429. The molecule has 0 saturated heterocycles. The Hall–Kier alpha value is -1.88. The van der Waals surface area contributed by atoms with Crippen molar-refractivity contribution in [1.82, 2.24) is 5.32 Å². The highest BCUT2D eigenvalue weighted by Gasteiger charge is 2.22. The van der Waals surface area contributed by atoms with E-state index in [9.17, 15) is 9.59 Å². The molecule has 0 radical (unpaired) electrons. The van der Waals surface area contributed by atoms with Gasteiger partial charge in [-0.3, -0.25) is 4.79 Å². The lowest BCUT2D eigenvalue weighted by Crippen LogP contribution is -2.44. The van der Waals surface area contributed by atoms with Crippen molar-refractivity contribution in [3.8, 4) is 0 Å². The highest BCUT2D eigenvalue weighted by molar-refractivity contribution is 5.97. The maximum atomic E-state index is 12.0. The zero-order chi connectivity index (χ0) is 13.8. The zero-order valence-corrected chi connectivity index (χ0v) is 10.8. The third-order valence-electron chi connectivity index (χ3n) is 3.33. The molecule has 2 rings (SSSR count). The Morgan fingerprint density at radius 1 is 1.37 bits per heavy atom. The molecule has 1 aromatic rings. The van der Waals surface area contributed by atoms with E-state index in [1.807, 2.05) is 12.1 Å². The van der Waals surface area contributed by atoms with Crippen LogP contribution in [0.5, 0.6) is 0 Å². The Labute approximate surface area is 111 Å². The number of nitrogens with one attached hydrogen (secondary N) is 1. The number of ether oxygens (including phenoxy) is 1. The van der Waals surface area contributed by atoms with E-state index in [1.165, 1.54) is 18.2 Å². The molecule has 0 aliphatic heterocycles. The first kappa shape index (κ1) is 13.5. The van der Waals surface area contributed by atoms with Crippen LogP contribution >= 0.6 is 0 Å². The summed E-state index contributed by atoms with van der Waals surface area (Å²) in [5.41, 5.74) is 2.97. The number of carbonyl (C=O) groups is 2. The van der Waals surface area contributed by atoms with Gasteiger partial charge >= 0.3 is 5.97 Å². The predicted molar refractivity (Wildman–Crippen MR) is 68.8 cm³/mol. The summed E-state index contributed by atoms with van der Waals surface area (Å²) in [7, 11) is 1.21. The molecular formula is C14H17NO4. The normalized spacial score (nSPS) is 14.6. The van der Waals surface area contributed by atoms with Crippen molar-refractivity contribution in [1.29, 1.82) is 0 Å². The van der Waals surface area contributed by atoms with Gasteiger partial charge in [0.1, 0.15) is 0 Å². The van der Waals surface area contributed by atoms with Crippen LogP contribution in [0.1, 0.15) is 27.9 Å². The van der Waals surface area contributed by atoms with Gasteiger partial charge in [-0.05, 0) is 42.5 Å². The Balaban J connectivity index is 2.09. The molecule has 5 nitrogen and oxygen atoms in total. The Bertz CT molecular complexity index is 498. The van der Waals surface area contributed by atoms with E-state index in [0.29, 0.717) is 5.56 Å². The molecule has 5 heteroatoms. The monoisotopic (exact) mass is 263 g/mol. The first-order valence-corrected chi connectivity index (χ1v) is 6.27. The molecule has 0 fully saturated rings. The lowest BCUT2D eigenvalue weighted by molar-refractivity contribution is -0.143. The molecule has 1 aliphatic carbocycles. The van der Waals surface area contributed by atoms with Crippen LogP contribution in [0.2, 0.25) is 0 Å². The SMILES string of the molecule is COC(=O)C(CO)NC(=O)c1ccc2c(c1)CCC2. The molecule has 19 heavy (non-hydrogen) atoms. The van der Waals surface area contributed by atoms with E-state index in [0.717, 1.165) is 19.3 Å². The number of aliphatic hydroxyl groups is 1. The second-order valence-electron chi connectivity index (χ2n) is 4.57. The summed E-state index contributed by atoms with van der Waals surface area (Å²) < 4.78 is 4.50. The summed E-state index contributed by atoms with van der Waals surface area (Å²) in [5, 5.41) is 11.5. The van der Waals surface area contributed by atoms with Gasteiger partial charge in [0.15, 0.2) is 6.04 Å². The number of amides is 1. The molecule has 0 aromatic heterocycles. The molecule has 1 aromatic carbocycles. The number of benzene rings is 1. The molecule has 0 heterocycles. The molecule has 1 unspecified atom stereocenters. The van der Waals surface area contributed by atoms with E-state index in [-0.39, 0.29) is 5.91 Å². The van der Waals surface area contributed by atoms with Gasteiger partial charge in [-0.2, -0.15) is 0 Å². The standard InChI is InChI=1S/C14H17NO4/c1-19-14(18)12(8-16)15-13(17)11-6-5-9-3-2-4-10(9)7-11/h5-7,12,16H,2-4,8H2,1H3,(H,15,17). The minimum absolute atomic E-state index is 0.376.